The van der Waals surface area contributed by atoms with Crippen LogP contribution in [-0.4, -0.2) is 24.7 Å². The normalized spacial score (nSPS) is 11.4. The molecule has 4 nitrogen and oxygen atoms in total. The standard InChI is InChI=1S/C10H10F3NO3/c1-6(15)7-3-9(10(11,12)13)14-4-8(7)17-5-16-2/h3-4H,5H2,1-2H3. The molecule has 0 aliphatic carbocycles. The molecule has 1 heterocycles. The number of rotatable bonds is 4. The number of alkyl halides is 3. The van der Waals surface area contributed by atoms with E-state index >= 15 is 0 Å². The maximum Gasteiger partial charge on any atom is 0.433 e. The Bertz CT molecular complexity index is 418. The lowest BCUT2D eigenvalue weighted by Gasteiger charge is -2.11. The zero-order valence-electron chi connectivity index (χ0n) is 9.17. The minimum Gasteiger partial charge on any atom is -0.465 e. The highest BCUT2D eigenvalue weighted by Crippen LogP contribution is 2.30. The quantitative estimate of drug-likeness (QED) is 0.606. The van der Waals surface area contributed by atoms with Gasteiger partial charge in [-0.1, -0.05) is 0 Å². The summed E-state index contributed by atoms with van der Waals surface area (Å²) in [4.78, 5) is 14.4. The summed E-state index contributed by atoms with van der Waals surface area (Å²) in [6.45, 7) is 0.975. The second-order valence-electron chi connectivity index (χ2n) is 3.17. The highest BCUT2D eigenvalue weighted by atomic mass is 19.4. The number of ketones is 1. The van der Waals surface area contributed by atoms with Gasteiger partial charge >= 0.3 is 6.18 Å². The third-order valence-electron chi connectivity index (χ3n) is 1.87. The minimum atomic E-state index is -4.59. The molecule has 17 heavy (non-hydrogen) atoms. The van der Waals surface area contributed by atoms with Crippen molar-refractivity contribution in [2.75, 3.05) is 13.9 Å². The van der Waals surface area contributed by atoms with Gasteiger partial charge in [0.05, 0.1) is 11.8 Å². The van der Waals surface area contributed by atoms with Gasteiger partial charge < -0.3 is 9.47 Å². The van der Waals surface area contributed by atoms with E-state index in [-0.39, 0.29) is 18.1 Å². The van der Waals surface area contributed by atoms with Crippen molar-refractivity contribution >= 4 is 5.78 Å². The van der Waals surface area contributed by atoms with Crippen LogP contribution >= 0.6 is 0 Å². The number of hydrogen-bond donors (Lipinski definition) is 0. The minimum absolute atomic E-state index is 0.0349. The molecular weight excluding hydrogens is 239 g/mol. The molecule has 0 N–H and O–H groups in total. The molecule has 0 amide bonds. The van der Waals surface area contributed by atoms with Gasteiger partial charge in [-0.2, -0.15) is 13.2 Å². The van der Waals surface area contributed by atoms with Crippen LogP contribution in [0.2, 0.25) is 0 Å². The molecule has 0 spiro atoms. The van der Waals surface area contributed by atoms with Gasteiger partial charge in [0.25, 0.3) is 0 Å². The van der Waals surface area contributed by atoms with Crippen LogP contribution in [0.3, 0.4) is 0 Å². The molecule has 0 bridgehead atoms. The van der Waals surface area contributed by atoms with Gasteiger partial charge in [-0.05, 0) is 13.0 Å². The third kappa shape index (κ3) is 3.42. The first-order valence-electron chi connectivity index (χ1n) is 4.56. The number of carbonyl (C=O) groups excluding carboxylic acids is 1. The first kappa shape index (κ1) is 13.4. The Morgan fingerprint density at radius 2 is 2.12 bits per heavy atom. The summed E-state index contributed by atoms with van der Waals surface area (Å²) >= 11 is 0. The number of pyridine rings is 1. The number of aromatic nitrogens is 1. The molecule has 1 aromatic rings. The molecule has 0 fully saturated rings. The first-order valence-corrected chi connectivity index (χ1v) is 4.56. The summed E-state index contributed by atoms with van der Waals surface area (Å²) in [6.07, 6.45) is -3.73. The van der Waals surface area contributed by atoms with Gasteiger partial charge in [0.15, 0.2) is 18.3 Å². The lowest BCUT2D eigenvalue weighted by Crippen LogP contribution is -2.11. The summed E-state index contributed by atoms with van der Waals surface area (Å²) in [6, 6.07) is 0.660. The fourth-order valence-corrected chi connectivity index (χ4v) is 1.11. The van der Waals surface area contributed by atoms with E-state index in [4.69, 9.17) is 4.74 Å². The Labute approximate surface area is 95.4 Å². The second-order valence-corrected chi connectivity index (χ2v) is 3.17. The molecule has 0 saturated heterocycles. The molecule has 0 atom stereocenters. The molecule has 0 radical (unpaired) electrons. The lowest BCUT2D eigenvalue weighted by atomic mass is 10.1. The smallest absolute Gasteiger partial charge is 0.433 e. The zero-order chi connectivity index (χ0) is 13.1. The largest absolute Gasteiger partial charge is 0.465 e. The Morgan fingerprint density at radius 3 is 2.59 bits per heavy atom. The van der Waals surface area contributed by atoms with E-state index < -0.39 is 17.7 Å². The number of methoxy groups -OCH3 is 1. The van der Waals surface area contributed by atoms with Gasteiger partial charge in [-0.3, -0.25) is 4.79 Å². The second kappa shape index (κ2) is 5.13. The van der Waals surface area contributed by atoms with Crippen LogP contribution in [-0.2, 0) is 10.9 Å². The van der Waals surface area contributed by atoms with E-state index in [9.17, 15) is 18.0 Å². The predicted octanol–water partition coefficient (Wildman–Crippen LogP) is 2.29. The molecule has 0 saturated carbocycles. The SMILES string of the molecule is COCOc1cnc(C(F)(F)F)cc1C(C)=O. The average molecular weight is 249 g/mol. The van der Waals surface area contributed by atoms with Crippen LogP contribution in [0.5, 0.6) is 5.75 Å². The van der Waals surface area contributed by atoms with Gasteiger partial charge in [0, 0.05) is 7.11 Å². The molecule has 0 aromatic carbocycles. The number of ether oxygens (including phenoxy) is 2. The van der Waals surface area contributed by atoms with Crippen LogP contribution in [0.25, 0.3) is 0 Å². The molecule has 1 rings (SSSR count). The number of Topliss-reactive ketones (excluding diaryl/α,β-unsaturated/α-hetero) is 1. The number of carbonyl (C=O) groups is 1. The Hall–Kier alpha value is -1.63. The van der Waals surface area contributed by atoms with Gasteiger partial charge in [0.2, 0.25) is 0 Å². The van der Waals surface area contributed by atoms with Crippen molar-refractivity contribution in [3.05, 3.63) is 23.5 Å². The molecule has 94 valence electrons. The maximum absolute atomic E-state index is 12.4. The van der Waals surface area contributed by atoms with Crippen molar-refractivity contribution in [2.24, 2.45) is 0 Å². The Kier molecular flexibility index (Phi) is 4.06. The molecule has 0 aliphatic heterocycles. The van der Waals surface area contributed by atoms with Crippen molar-refractivity contribution in [3.8, 4) is 5.75 Å². The van der Waals surface area contributed by atoms with E-state index in [0.717, 1.165) is 13.1 Å². The molecular formula is C10H10F3NO3. The van der Waals surface area contributed by atoms with Gasteiger partial charge in [0.1, 0.15) is 5.69 Å². The highest BCUT2D eigenvalue weighted by Gasteiger charge is 2.33. The van der Waals surface area contributed by atoms with Crippen LogP contribution in [0.4, 0.5) is 13.2 Å². The summed E-state index contributed by atoms with van der Waals surface area (Å²) in [5.74, 6) is -0.573. The van der Waals surface area contributed by atoms with Gasteiger partial charge in [-0.15, -0.1) is 0 Å². The van der Waals surface area contributed by atoms with Crippen molar-refractivity contribution in [1.29, 1.82) is 0 Å². The first-order chi connectivity index (χ1) is 7.86. The zero-order valence-corrected chi connectivity index (χ0v) is 9.17. The van der Waals surface area contributed by atoms with Crippen LogP contribution < -0.4 is 4.74 Å². The van der Waals surface area contributed by atoms with Crippen LogP contribution in [0.1, 0.15) is 23.0 Å². The van der Waals surface area contributed by atoms with Gasteiger partial charge in [-0.25, -0.2) is 4.98 Å². The number of nitrogens with zero attached hydrogens (tertiary/aromatic N) is 1. The highest BCUT2D eigenvalue weighted by molar-refractivity contribution is 5.96. The van der Waals surface area contributed by atoms with E-state index in [2.05, 4.69) is 9.72 Å². The van der Waals surface area contributed by atoms with Crippen molar-refractivity contribution in [3.63, 3.8) is 0 Å². The summed E-state index contributed by atoms with van der Waals surface area (Å²) in [5.41, 5.74) is -1.31. The number of hydrogen-bond acceptors (Lipinski definition) is 4. The average Bonchev–Trinajstić information content (AvgIpc) is 2.24. The summed E-state index contributed by atoms with van der Waals surface area (Å²) in [5, 5.41) is 0. The van der Waals surface area contributed by atoms with E-state index in [1.54, 1.807) is 0 Å². The fourth-order valence-electron chi connectivity index (χ4n) is 1.11. The van der Waals surface area contributed by atoms with Crippen molar-refractivity contribution in [2.45, 2.75) is 13.1 Å². The van der Waals surface area contributed by atoms with Crippen LogP contribution in [0, 0.1) is 0 Å². The van der Waals surface area contributed by atoms with Crippen LogP contribution in [0.15, 0.2) is 12.3 Å². The Balaban J connectivity index is 3.13. The predicted molar refractivity (Wildman–Crippen MR) is 51.7 cm³/mol. The Morgan fingerprint density at radius 1 is 1.47 bits per heavy atom. The molecule has 7 heteroatoms. The molecule has 0 aliphatic rings. The molecule has 0 unspecified atom stereocenters. The maximum atomic E-state index is 12.4. The topological polar surface area (TPSA) is 48.4 Å². The monoisotopic (exact) mass is 249 g/mol. The van der Waals surface area contributed by atoms with E-state index in [1.165, 1.54) is 7.11 Å². The fraction of sp³-hybridized carbons (Fsp3) is 0.400. The summed E-state index contributed by atoms with van der Waals surface area (Å²) < 4.78 is 46.7. The molecule has 1 aromatic heterocycles. The van der Waals surface area contributed by atoms with Crippen molar-refractivity contribution in [1.82, 2.24) is 4.98 Å². The van der Waals surface area contributed by atoms with Crippen molar-refractivity contribution < 1.29 is 27.4 Å². The third-order valence-corrected chi connectivity index (χ3v) is 1.87. The van der Waals surface area contributed by atoms with E-state index in [0.29, 0.717) is 6.07 Å². The number of halogens is 3. The van der Waals surface area contributed by atoms with E-state index in [1.807, 2.05) is 0 Å². The lowest BCUT2D eigenvalue weighted by molar-refractivity contribution is -0.141. The summed E-state index contributed by atoms with van der Waals surface area (Å²) in [7, 11) is 1.35.